The molecule has 0 bridgehead atoms. The molecule has 2 rings (SSSR count). The molecule has 3 heteroatoms. The third-order valence-corrected chi connectivity index (χ3v) is 2.56. The summed E-state index contributed by atoms with van der Waals surface area (Å²) >= 11 is 0. The number of nitrogens with one attached hydrogen (secondary N) is 1. The highest BCUT2D eigenvalue weighted by Gasteiger charge is 2.06. The maximum absolute atomic E-state index is 5.72. The Kier molecular flexibility index (Phi) is 3.04. The molecule has 0 saturated heterocycles. The van der Waals surface area contributed by atoms with Crippen molar-refractivity contribution < 1.29 is 4.74 Å². The van der Waals surface area contributed by atoms with E-state index in [0.29, 0.717) is 13.2 Å². The van der Waals surface area contributed by atoms with E-state index in [0.717, 1.165) is 12.1 Å². The lowest BCUT2D eigenvalue weighted by Crippen LogP contribution is -1.98. The first-order valence-electron chi connectivity index (χ1n) is 5.22. The minimum Gasteiger partial charge on any atom is -0.377 e. The predicted octanol–water partition coefficient (Wildman–Crippen LogP) is 2.16. The first kappa shape index (κ1) is 10.2. The van der Waals surface area contributed by atoms with Crippen LogP contribution in [-0.2, 0) is 17.9 Å². The van der Waals surface area contributed by atoms with Gasteiger partial charge in [-0.1, -0.05) is 12.1 Å². The van der Waals surface area contributed by atoms with Crippen LogP contribution in [0.2, 0.25) is 0 Å². The fraction of sp³-hybridized carbons (Fsp3) is 0.333. The van der Waals surface area contributed by atoms with E-state index in [1.807, 2.05) is 19.2 Å². The molecule has 0 fully saturated rings. The Bertz CT molecular complexity index is 448. The zero-order valence-corrected chi connectivity index (χ0v) is 8.92. The van der Waals surface area contributed by atoms with E-state index >= 15 is 0 Å². The molecule has 15 heavy (non-hydrogen) atoms. The van der Waals surface area contributed by atoms with Crippen LogP contribution in [0.5, 0.6) is 0 Å². The summed E-state index contributed by atoms with van der Waals surface area (Å²) in [6.07, 6.45) is 2.00. The summed E-state index contributed by atoms with van der Waals surface area (Å²) in [7, 11) is 0. The van der Waals surface area contributed by atoms with Crippen LogP contribution in [0.15, 0.2) is 24.4 Å². The van der Waals surface area contributed by atoms with E-state index in [-0.39, 0.29) is 0 Å². The largest absolute Gasteiger partial charge is 0.377 e. The predicted molar refractivity (Wildman–Crippen MR) is 61.5 cm³/mol. The summed E-state index contributed by atoms with van der Waals surface area (Å²) < 4.78 is 5.42. The fourth-order valence-electron chi connectivity index (χ4n) is 1.83. The van der Waals surface area contributed by atoms with E-state index < -0.39 is 0 Å². The number of hydrogen-bond acceptors (Lipinski definition) is 2. The van der Waals surface area contributed by atoms with E-state index in [1.54, 1.807) is 0 Å². The summed E-state index contributed by atoms with van der Waals surface area (Å²) in [5.41, 5.74) is 9.21. The van der Waals surface area contributed by atoms with Crippen LogP contribution >= 0.6 is 0 Å². The highest BCUT2D eigenvalue weighted by molar-refractivity contribution is 5.86. The molecule has 0 unspecified atom stereocenters. The number of fused-ring (bicyclic) bond motifs is 1. The van der Waals surface area contributed by atoms with Crippen molar-refractivity contribution in [2.45, 2.75) is 20.1 Å². The molecule has 0 amide bonds. The molecular formula is C12H16N2O. The Hall–Kier alpha value is -1.32. The average Bonchev–Trinajstić information content (AvgIpc) is 2.69. The maximum Gasteiger partial charge on any atom is 0.0737 e. The van der Waals surface area contributed by atoms with Gasteiger partial charge in [0.05, 0.1) is 6.61 Å². The topological polar surface area (TPSA) is 51.0 Å². The number of benzene rings is 1. The molecule has 0 aliphatic rings. The SMILES string of the molecule is CCOCc1c[nH]c2cccc(CN)c12. The smallest absolute Gasteiger partial charge is 0.0737 e. The molecule has 1 aromatic heterocycles. The van der Waals surface area contributed by atoms with Crippen molar-refractivity contribution in [2.24, 2.45) is 5.73 Å². The van der Waals surface area contributed by atoms with E-state index in [9.17, 15) is 0 Å². The summed E-state index contributed by atoms with van der Waals surface area (Å²) in [5, 5.41) is 1.22. The Morgan fingerprint density at radius 2 is 2.20 bits per heavy atom. The Balaban J connectivity index is 2.46. The first-order valence-corrected chi connectivity index (χ1v) is 5.22. The molecule has 0 radical (unpaired) electrons. The molecule has 0 aliphatic heterocycles. The molecule has 0 saturated carbocycles. The van der Waals surface area contributed by atoms with Crippen molar-refractivity contribution in [3.63, 3.8) is 0 Å². The Labute approximate surface area is 89.2 Å². The third kappa shape index (κ3) is 1.89. The van der Waals surface area contributed by atoms with Crippen molar-refractivity contribution >= 4 is 10.9 Å². The summed E-state index contributed by atoms with van der Waals surface area (Å²) in [6.45, 7) is 3.94. The molecule has 3 nitrogen and oxygen atoms in total. The summed E-state index contributed by atoms with van der Waals surface area (Å²) in [5.74, 6) is 0. The van der Waals surface area contributed by atoms with Crippen LogP contribution < -0.4 is 5.73 Å². The maximum atomic E-state index is 5.72. The van der Waals surface area contributed by atoms with Gasteiger partial charge in [-0.25, -0.2) is 0 Å². The molecule has 80 valence electrons. The summed E-state index contributed by atoms with van der Waals surface area (Å²) in [6, 6.07) is 6.14. The van der Waals surface area contributed by atoms with Gasteiger partial charge in [-0.05, 0) is 18.6 Å². The van der Waals surface area contributed by atoms with Gasteiger partial charge < -0.3 is 15.5 Å². The van der Waals surface area contributed by atoms with Crippen LogP contribution in [-0.4, -0.2) is 11.6 Å². The van der Waals surface area contributed by atoms with Gasteiger partial charge >= 0.3 is 0 Å². The third-order valence-electron chi connectivity index (χ3n) is 2.56. The second kappa shape index (κ2) is 4.47. The van der Waals surface area contributed by atoms with Gasteiger partial charge in [0.1, 0.15) is 0 Å². The molecule has 1 heterocycles. The standard InChI is InChI=1S/C12H16N2O/c1-2-15-8-10-7-14-11-5-3-4-9(6-13)12(10)11/h3-5,7,14H,2,6,8,13H2,1H3. The molecule has 1 aromatic carbocycles. The normalized spacial score (nSPS) is 11.1. The molecule has 2 aromatic rings. The van der Waals surface area contributed by atoms with Gasteiger partial charge in [-0.2, -0.15) is 0 Å². The second-order valence-electron chi connectivity index (χ2n) is 3.49. The van der Waals surface area contributed by atoms with Crippen LogP contribution in [0.25, 0.3) is 10.9 Å². The quantitative estimate of drug-likeness (QED) is 0.801. The Morgan fingerprint density at radius 1 is 1.33 bits per heavy atom. The zero-order valence-electron chi connectivity index (χ0n) is 8.92. The molecule has 0 aliphatic carbocycles. The molecular weight excluding hydrogens is 188 g/mol. The van der Waals surface area contributed by atoms with Crippen LogP contribution in [0.3, 0.4) is 0 Å². The van der Waals surface area contributed by atoms with Gasteiger partial charge in [-0.3, -0.25) is 0 Å². The monoisotopic (exact) mass is 204 g/mol. The number of aromatic amines is 1. The number of hydrogen-bond donors (Lipinski definition) is 2. The van der Waals surface area contributed by atoms with E-state index in [2.05, 4.69) is 17.1 Å². The average molecular weight is 204 g/mol. The first-order chi connectivity index (χ1) is 7.36. The lowest BCUT2D eigenvalue weighted by Gasteiger charge is -2.03. The fourth-order valence-corrected chi connectivity index (χ4v) is 1.83. The van der Waals surface area contributed by atoms with Crippen LogP contribution in [0, 0.1) is 0 Å². The van der Waals surface area contributed by atoms with Crippen molar-refractivity contribution in [3.8, 4) is 0 Å². The highest BCUT2D eigenvalue weighted by Crippen LogP contribution is 2.22. The highest BCUT2D eigenvalue weighted by atomic mass is 16.5. The minimum atomic E-state index is 0.564. The molecule has 0 spiro atoms. The van der Waals surface area contributed by atoms with Crippen molar-refractivity contribution in [1.29, 1.82) is 0 Å². The van der Waals surface area contributed by atoms with Crippen molar-refractivity contribution in [1.82, 2.24) is 4.98 Å². The lowest BCUT2D eigenvalue weighted by atomic mass is 10.1. The van der Waals surface area contributed by atoms with Crippen LogP contribution in [0.4, 0.5) is 0 Å². The van der Waals surface area contributed by atoms with Gasteiger partial charge in [0.15, 0.2) is 0 Å². The van der Waals surface area contributed by atoms with Gasteiger partial charge in [0.25, 0.3) is 0 Å². The Morgan fingerprint density at radius 3 is 2.93 bits per heavy atom. The zero-order chi connectivity index (χ0) is 10.7. The minimum absolute atomic E-state index is 0.564. The van der Waals surface area contributed by atoms with Crippen molar-refractivity contribution in [2.75, 3.05) is 6.61 Å². The molecule has 3 N–H and O–H groups in total. The second-order valence-corrected chi connectivity index (χ2v) is 3.49. The number of aromatic nitrogens is 1. The number of H-pyrrole nitrogens is 1. The number of rotatable bonds is 4. The van der Waals surface area contributed by atoms with Gasteiger partial charge in [0.2, 0.25) is 0 Å². The lowest BCUT2D eigenvalue weighted by molar-refractivity contribution is 0.135. The molecule has 0 atom stereocenters. The van der Waals surface area contributed by atoms with Crippen LogP contribution in [0.1, 0.15) is 18.1 Å². The summed E-state index contributed by atoms with van der Waals surface area (Å²) in [4.78, 5) is 3.24. The van der Waals surface area contributed by atoms with Gasteiger partial charge in [-0.15, -0.1) is 0 Å². The number of nitrogens with two attached hydrogens (primary N) is 1. The van der Waals surface area contributed by atoms with Gasteiger partial charge in [0, 0.05) is 35.8 Å². The number of ether oxygens (including phenoxy) is 1. The van der Waals surface area contributed by atoms with E-state index in [4.69, 9.17) is 10.5 Å². The van der Waals surface area contributed by atoms with Crippen molar-refractivity contribution in [3.05, 3.63) is 35.5 Å². The van der Waals surface area contributed by atoms with E-state index in [1.165, 1.54) is 16.5 Å².